The molecule has 4 N–H and O–H groups in total. The Morgan fingerprint density at radius 3 is 2.30 bits per heavy atom. The summed E-state index contributed by atoms with van der Waals surface area (Å²) in [5, 5.41) is 8.67. The number of sulfonamides is 1. The van der Waals surface area contributed by atoms with Crippen LogP contribution in [0, 0.1) is 5.82 Å². The minimum atomic E-state index is -4.35. The average Bonchev–Trinajstić information content (AvgIpc) is 2.26. The lowest BCUT2D eigenvalue weighted by molar-refractivity contribution is -0.122. The molecule has 0 unspecified atom stereocenters. The molecule has 0 spiro atoms. The van der Waals surface area contributed by atoms with Crippen molar-refractivity contribution < 1.29 is 27.5 Å². The molecule has 0 aliphatic heterocycles. The van der Waals surface area contributed by atoms with Crippen molar-refractivity contribution in [1.29, 1.82) is 0 Å². The van der Waals surface area contributed by atoms with Gasteiger partial charge in [0, 0.05) is 0 Å². The molecule has 0 heterocycles. The van der Waals surface area contributed by atoms with E-state index in [4.69, 9.17) is 10.8 Å². The number of hydrogen-bond acceptors (Lipinski definition) is 4. The zero-order chi connectivity index (χ0) is 15.7. The molecule has 0 radical (unpaired) electrons. The first-order valence-corrected chi connectivity index (χ1v) is 6.82. The maximum absolute atomic E-state index is 13.7. The summed E-state index contributed by atoms with van der Waals surface area (Å²) in [4.78, 5) is 21.0. The quantitative estimate of drug-likeness (QED) is 0.709. The highest BCUT2D eigenvalue weighted by Crippen LogP contribution is 2.18. The summed E-state index contributed by atoms with van der Waals surface area (Å²) in [5.74, 6) is -3.57. The third-order valence-electron chi connectivity index (χ3n) is 2.47. The number of halogens is 1. The second-order valence-corrected chi connectivity index (χ2v) is 6.20. The molecule has 0 aliphatic rings. The Hall–Kier alpha value is -2.00. The molecule has 1 amide bonds. The smallest absolute Gasteiger partial charge is 0.335 e. The number of carbonyl (C=O) groups is 2. The molecule has 0 saturated heterocycles. The molecule has 1 aromatic carbocycles. The molecule has 7 nitrogen and oxygen atoms in total. The fourth-order valence-corrected chi connectivity index (χ4v) is 2.74. The van der Waals surface area contributed by atoms with Crippen LogP contribution in [-0.4, -0.2) is 30.9 Å². The van der Waals surface area contributed by atoms with Crippen LogP contribution >= 0.6 is 0 Å². The van der Waals surface area contributed by atoms with E-state index in [1.54, 1.807) is 0 Å². The van der Waals surface area contributed by atoms with Crippen molar-refractivity contribution in [1.82, 2.24) is 4.72 Å². The fourth-order valence-electron chi connectivity index (χ4n) is 1.29. The molecule has 1 rings (SSSR count). The molecule has 9 heteroatoms. The summed E-state index contributed by atoms with van der Waals surface area (Å²) < 4.78 is 39.5. The van der Waals surface area contributed by atoms with Crippen LogP contribution in [-0.2, 0) is 14.8 Å². The third-order valence-corrected chi connectivity index (χ3v) is 4.16. The van der Waals surface area contributed by atoms with Crippen LogP contribution in [0.5, 0.6) is 0 Å². The maximum atomic E-state index is 13.7. The molecule has 20 heavy (non-hydrogen) atoms. The molecule has 110 valence electrons. The number of benzene rings is 1. The van der Waals surface area contributed by atoms with Gasteiger partial charge in [0.2, 0.25) is 15.9 Å². The Morgan fingerprint density at radius 1 is 1.35 bits per heavy atom. The fraction of sp³-hybridized carbons (Fsp3) is 0.273. The van der Waals surface area contributed by atoms with Gasteiger partial charge in [-0.1, -0.05) is 0 Å². The van der Waals surface area contributed by atoms with Crippen LogP contribution in [0.3, 0.4) is 0 Å². The van der Waals surface area contributed by atoms with Crippen molar-refractivity contribution >= 4 is 21.9 Å². The van der Waals surface area contributed by atoms with Gasteiger partial charge in [0.1, 0.15) is 16.3 Å². The number of aromatic carboxylic acids is 1. The number of carboxylic acids is 1. The zero-order valence-electron chi connectivity index (χ0n) is 10.7. The summed E-state index contributed by atoms with van der Waals surface area (Å²) in [6.07, 6.45) is 0. The highest BCUT2D eigenvalue weighted by Gasteiger charge is 2.32. The number of carbonyl (C=O) groups excluding carboxylic acids is 1. The summed E-state index contributed by atoms with van der Waals surface area (Å²) in [5.41, 5.74) is 3.01. The van der Waals surface area contributed by atoms with Gasteiger partial charge in [-0.3, -0.25) is 4.79 Å². The molecule has 0 saturated carbocycles. The largest absolute Gasteiger partial charge is 0.478 e. The second-order valence-electron chi connectivity index (χ2n) is 4.55. The van der Waals surface area contributed by atoms with E-state index in [-0.39, 0.29) is 0 Å². The number of amides is 1. The van der Waals surface area contributed by atoms with Gasteiger partial charge < -0.3 is 10.8 Å². The number of primary amides is 1. The van der Waals surface area contributed by atoms with Crippen LogP contribution in [0.4, 0.5) is 4.39 Å². The van der Waals surface area contributed by atoms with Crippen LogP contribution in [0.15, 0.2) is 23.1 Å². The Bertz CT molecular complexity index is 669. The summed E-state index contributed by atoms with van der Waals surface area (Å²) >= 11 is 0. The van der Waals surface area contributed by atoms with Gasteiger partial charge in [0.05, 0.1) is 5.56 Å². The van der Waals surface area contributed by atoms with Gasteiger partial charge >= 0.3 is 5.97 Å². The SMILES string of the molecule is CC(C)(NS(=O)(=O)c1ccc(C(=O)O)cc1F)C(N)=O. The van der Waals surface area contributed by atoms with Gasteiger partial charge in [-0.15, -0.1) is 0 Å². The maximum Gasteiger partial charge on any atom is 0.335 e. The highest BCUT2D eigenvalue weighted by molar-refractivity contribution is 7.89. The van der Waals surface area contributed by atoms with E-state index >= 15 is 0 Å². The van der Waals surface area contributed by atoms with E-state index in [1.165, 1.54) is 13.8 Å². The topological polar surface area (TPSA) is 127 Å². The van der Waals surface area contributed by atoms with Crippen LogP contribution in [0.2, 0.25) is 0 Å². The molecule has 1 aromatic rings. The van der Waals surface area contributed by atoms with Gasteiger partial charge in [-0.25, -0.2) is 17.6 Å². The number of nitrogens with one attached hydrogen (secondary N) is 1. The van der Waals surface area contributed by atoms with Crippen molar-refractivity contribution in [3.05, 3.63) is 29.6 Å². The number of carboxylic acid groups (broad SMARTS) is 1. The first kappa shape index (κ1) is 16.1. The molecular formula is C11H13FN2O5S. The molecule has 0 aliphatic carbocycles. The number of hydrogen-bond donors (Lipinski definition) is 3. The molecule has 0 fully saturated rings. The first-order chi connectivity index (χ1) is 8.97. The summed E-state index contributed by atoms with van der Waals surface area (Å²) in [6.45, 7) is 2.44. The van der Waals surface area contributed by atoms with Gasteiger partial charge in [-0.2, -0.15) is 4.72 Å². The Morgan fingerprint density at radius 2 is 1.90 bits per heavy atom. The van der Waals surface area contributed by atoms with Gasteiger partial charge in [0.15, 0.2) is 0 Å². The zero-order valence-corrected chi connectivity index (χ0v) is 11.5. The highest BCUT2D eigenvalue weighted by atomic mass is 32.2. The third kappa shape index (κ3) is 3.31. The Labute approximate surface area is 114 Å². The van der Waals surface area contributed by atoms with Crippen molar-refractivity contribution in [3.63, 3.8) is 0 Å². The monoisotopic (exact) mass is 304 g/mol. The second kappa shape index (κ2) is 5.17. The van der Waals surface area contributed by atoms with Crippen molar-refractivity contribution in [2.45, 2.75) is 24.3 Å². The minimum Gasteiger partial charge on any atom is -0.478 e. The van der Waals surface area contributed by atoms with Crippen LogP contribution in [0.1, 0.15) is 24.2 Å². The summed E-state index contributed by atoms with van der Waals surface area (Å²) in [6, 6.07) is 2.32. The minimum absolute atomic E-state index is 0.393. The molecule has 0 aromatic heterocycles. The van der Waals surface area contributed by atoms with E-state index < -0.39 is 43.7 Å². The number of rotatable bonds is 5. The number of nitrogens with two attached hydrogens (primary N) is 1. The molecular weight excluding hydrogens is 291 g/mol. The summed E-state index contributed by atoms with van der Waals surface area (Å²) in [7, 11) is -4.35. The molecule has 0 bridgehead atoms. The Balaban J connectivity index is 3.24. The predicted octanol–water partition coefficient (Wildman–Crippen LogP) is 0.0661. The van der Waals surface area contributed by atoms with Crippen molar-refractivity contribution in [3.8, 4) is 0 Å². The van der Waals surface area contributed by atoms with E-state index in [2.05, 4.69) is 0 Å². The lowest BCUT2D eigenvalue weighted by atomic mass is 10.1. The Kier molecular flexibility index (Phi) is 4.15. The van der Waals surface area contributed by atoms with Gasteiger partial charge in [0.25, 0.3) is 0 Å². The molecule has 0 atom stereocenters. The standard InChI is InChI=1S/C11H13FN2O5S/c1-11(2,10(13)17)14-20(18,19)8-4-3-6(9(15)16)5-7(8)12/h3-5,14H,1-2H3,(H2,13,17)(H,15,16). The predicted molar refractivity (Wildman–Crippen MR) is 67.0 cm³/mol. The van der Waals surface area contributed by atoms with Crippen LogP contribution in [0.25, 0.3) is 0 Å². The van der Waals surface area contributed by atoms with Crippen molar-refractivity contribution in [2.24, 2.45) is 5.73 Å². The van der Waals surface area contributed by atoms with Crippen LogP contribution < -0.4 is 10.5 Å². The van der Waals surface area contributed by atoms with E-state index in [0.29, 0.717) is 6.07 Å². The normalized spacial score (nSPS) is 12.2. The van der Waals surface area contributed by atoms with Crippen molar-refractivity contribution in [2.75, 3.05) is 0 Å². The van der Waals surface area contributed by atoms with Gasteiger partial charge in [-0.05, 0) is 32.0 Å². The van der Waals surface area contributed by atoms with E-state index in [9.17, 15) is 22.4 Å². The lowest BCUT2D eigenvalue weighted by Crippen LogP contribution is -2.52. The first-order valence-electron chi connectivity index (χ1n) is 5.34. The van der Waals surface area contributed by atoms with E-state index in [1.807, 2.05) is 4.72 Å². The average molecular weight is 304 g/mol. The van der Waals surface area contributed by atoms with E-state index in [0.717, 1.165) is 12.1 Å². The lowest BCUT2D eigenvalue weighted by Gasteiger charge is -2.22.